The van der Waals surface area contributed by atoms with E-state index in [4.69, 9.17) is 0 Å². The molecule has 98 valence electrons. The van der Waals surface area contributed by atoms with Crippen LogP contribution in [0.2, 0.25) is 0 Å². The predicted octanol–water partition coefficient (Wildman–Crippen LogP) is 4.41. The van der Waals surface area contributed by atoms with Gasteiger partial charge in [-0.1, -0.05) is 0 Å². The summed E-state index contributed by atoms with van der Waals surface area (Å²) in [5.41, 5.74) is -0.00456. The molecule has 0 fully saturated rings. The van der Waals surface area contributed by atoms with Crippen LogP contribution in [0.15, 0.2) is 34.8 Å². The van der Waals surface area contributed by atoms with Gasteiger partial charge in [0.2, 0.25) is 0 Å². The fourth-order valence-electron chi connectivity index (χ4n) is 1.64. The molecule has 0 aromatic heterocycles. The van der Waals surface area contributed by atoms with E-state index < -0.39 is 23.2 Å². The summed E-state index contributed by atoms with van der Waals surface area (Å²) >= 11 is 2.83. The van der Waals surface area contributed by atoms with E-state index in [1.54, 1.807) is 0 Å². The second kappa shape index (κ2) is 5.17. The van der Waals surface area contributed by atoms with Crippen LogP contribution in [0.5, 0.6) is 0 Å². The molecule has 0 aliphatic rings. The van der Waals surface area contributed by atoms with Crippen LogP contribution in [0.25, 0.3) is 0 Å². The molecule has 0 saturated carbocycles. The Hall–Kier alpha value is -1.62. The summed E-state index contributed by atoms with van der Waals surface area (Å²) in [6.07, 6.45) is 0. The van der Waals surface area contributed by atoms with Gasteiger partial charge in [0.05, 0.1) is 10.0 Å². The van der Waals surface area contributed by atoms with E-state index in [0.717, 1.165) is 18.2 Å². The molecule has 0 aliphatic carbocycles. The largest absolute Gasteiger partial charge is 0.288 e. The van der Waals surface area contributed by atoms with Crippen LogP contribution < -0.4 is 0 Å². The summed E-state index contributed by atoms with van der Waals surface area (Å²) < 4.78 is 40.1. The van der Waals surface area contributed by atoms with Gasteiger partial charge in [0.25, 0.3) is 0 Å². The van der Waals surface area contributed by atoms with Gasteiger partial charge in [-0.15, -0.1) is 0 Å². The number of aryl methyl sites for hydroxylation is 1. The molecule has 0 spiro atoms. The summed E-state index contributed by atoms with van der Waals surface area (Å²) in [4.78, 5) is 12.0. The lowest BCUT2D eigenvalue weighted by Gasteiger charge is -2.05. The van der Waals surface area contributed by atoms with Gasteiger partial charge in [0.15, 0.2) is 5.78 Å². The highest BCUT2D eigenvalue weighted by molar-refractivity contribution is 9.10. The summed E-state index contributed by atoms with van der Waals surface area (Å²) in [6.45, 7) is 1.49. The van der Waals surface area contributed by atoms with Gasteiger partial charge in [-0.3, -0.25) is 4.79 Å². The summed E-state index contributed by atoms with van der Waals surface area (Å²) in [5, 5.41) is 0. The van der Waals surface area contributed by atoms with Crippen LogP contribution in [-0.2, 0) is 0 Å². The van der Waals surface area contributed by atoms with E-state index in [0.29, 0.717) is 0 Å². The molecule has 0 heterocycles. The third kappa shape index (κ3) is 2.71. The number of benzene rings is 2. The van der Waals surface area contributed by atoms with Crippen LogP contribution in [0.1, 0.15) is 21.5 Å². The molecule has 0 atom stereocenters. The average Bonchev–Trinajstić information content (AvgIpc) is 2.36. The number of hydrogen-bond donors (Lipinski definition) is 0. The molecule has 1 nitrogen and oxygen atoms in total. The molecule has 0 saturated heterocycles. The molecular formula is C14H8BrF3O. The third-order valence-corrected chi connectivity index (χ3v) is 3.28. The second-order valence-corrected chi connectivity index (χ2v) is 4.89. The second-order valence-electron chi connectivity index (χ2n) is 4.04. The molecule has 2 rings (SSSR count). The van der Waals surface area contributed by atoms with Gasteiger partial charge in [-0.05, 0) is 58.7 Å². The Kier molecular flexibility index (Phi) is 3.75. The van der Waals surface area contributed by atoms with Crippen LogP contribution in [0.4, 0.5) is 13.2 Å². The Morgan fingerprint density at radius 3 is 2.32 bits per heavy atom. The third-order valence-electron chi connectivity index (χ3n) is 2.67. The monoisotopic (exact) mass is 328 g/mol. The zero-order valence-electron chi connectivity index (χ0n) is 9.81. The highest BCUT2D eigenvalue weighted by Crippen LogP contribution is 2.22. The molecule has 2 aromatic rings. The van der Waals surface area contributed by atoms with Crippen LogP contribution in [-0.4, -0.2) is 5.78 Å². The quantitative estimate of drug-likeness (QED) is 0.589. The Morgan fingerprint density at radius 1 is 1.00 bits per heavy atom. The fourth-order valence-corrected chi connectivity index (χ4v) is 1.95. The van der Waals surface area contributed by atoms with Crippen molar-refractivity contribution in [2.24, 2.45) is 0 Å². The summed E-state index contributed by atoms with van der Waals surface area (Å²) in [5.74, 6) is -2.71. The molecule has 5 heteroatoms. The molecule has 2 aromatic carbocycles. The molecule has 0 aliphatic heterocycles. The van der Waals surface area contributed by atoms with Crippen LogP contribution in [0.3, 0.4) is 0 Å². The highest BCUT2D eigenvalue weighted by atomic mass is 79.9. The van der Waals surface area contributed by atoms with Crippen molar-refractivity contribution < 1.29 is 18.0 Å². The number of carbonyl (C=O) groups is 1. The maximum Gasteiger partial charge on any atom is 0.196 e. The minimum Gasteiger partial charge on any atom is -0.288 e. The molecule has 0 N–H and O–H groups in total. The van der Waals surface area contributed by atoms with E-state index in [9.17, 15) is 18.0 Å². The van der Waals surface area contributed by atoms with E-state index in [2.05, 4.69) is 15.9 Å². The van der Waals surface area contributed by atoms with E-state index in [1.807, 2.05) is 0 Å². The van der Waals surface area contributed by atoms with Crippen molar-refractivity contribution >= 4 is 21.7 Å². The van der Waals surface area contributed by atoms with Crippen LogP contribution >= 0.6 is 15.9 Å². The van der Waals surface area contributed by atoms with Crippen molar-refractivity contribution in [3.63, 3.8) is 0 Å². The maximum atomic E-state index is 13.7. The first-order chi connectivity index (χ1) is 8.90. The normalized spacial score (nSPS) is 10.6. The van der Waals surface area contributed by atoms with Gasteiger partial charge in [-0.2, -0.15) is 0 Å². The van der Waals surface area contributed by atoms with E-state index in [-0.39, 0.29) is 21.2 Å². The Bertz CT molecular complexity index is 668. The van der Waals surface area contributed by atoms with Crippen molar-refractivity contribution in [2.75, 3.05) is 0 Å². The van der Waals surface area contributed by atoms with E-state index >= 15 is 0 Å². The number of ketones is 1. The van der Waals surface area contributed by atoms with Crippen LogP contribution in [0, 0.1) is 24.4 Å². The first-order valence-corrected chi connectivity index (χ1v) is 6.15. The number of carbonyl (C=O) groups excluding carboxylic acids is 1. The molecule has 19 heavy (non-hydrogen) atoms. The standard InChI is InChI=1S/C14H8BrF3O/c1-7-4-8(2-3-11(7)16)14(19)9-5-13(18)10(15)6-12(9)17/h2-6H,1H3. The van der Waals surface area contributed by atoms with Crippen molar-refractivity contribution in [3.05, 3.63) is 68.9 Å². The molecule has 0 unspecified atom stereocenters. The van der Waals surface area contributed by atoms with Gasteiger partial charge < -0.3 is 0 Å². The number of hydrogen-bond acceptors (Lipinski definition) is 1. The predicted molar refractivity (Wildman–Crippen MR) is 68.6 cm³/mol. The van der Waals surface area contributed by atoms with Gasteiger partial charge in [-0.25, -0.2) is 13.2 Å². The van der Waals surface area contributed by atoms with Crippen molar-refractivity contribution in [2.45, 2.75) is 6.92 Å². The maximum absolute atomic E-state index is 13.7. The first kappa shape index (κ1) is 13.8. The number of rotatable bonds is 2. The Balaban J connectivity index is 2.49. The Labute approximate surface area is 116 Å². The van der Waals surface area contributed by atoms with Crippen molar-refractivity contribution in [1.29, 1.82) is 0 Å². The van der Waals surface area contributed by atoms with Crippen molar-refractivity contribution in [3.8, 4) is 0 Å². The zero-order chi connectivity index (χ0) is 14.2. The lowest BCUT2D eigenvalue weighted by molar-refractivity contribution is 0.103. The SMILES string of the molecule is Cc1cc(C(=O)c2cc(F)c(Br)cc2F)ccc1F. The minimum absolute atomic E-state index is 0.0585. The topological polar surface area (TPSA) is 17.1 Å². The first-order valence-electron chi connectivity index (χ1n) is 5.35. The van der Waals surface area contributed by atoms with Gasteiger partial charge >= 0.3 is 0 Å². The van der Waals surface area contributed by atoms with E-state index in [1.165, 1.54) is 19.1 Å². The zero-order valence-corrected chi connectivity index (χ0v) is 11.4. The molecule has 0 amide bonds. The van der Waals surface area contributed by atoms with Gasteiger partial charge in [0, 0.05) is 5.56 Å². The molecule has 0 bridgehead atoms. The number of halogens is 4. The molecular weight excluding hydrogens is 321 g/mol. The summed E-state index contributed by atoms with van der Waals surface area (Å²) in [7, 11) is 0. The minimum atomic E-state index is -0.833. The summed E-state index contributed by atoms with van der Waals surface area (Å²) in [6, 6.07) is 5.37. The molecule has 0 radical (unpaired) electrons. The van der Waals surface area contributed by atoms with Crippen molar-refractivity contribution in [1.82, 2.24) is 0 Å². The lowest BCUT2D eigenvalue weighted by atomic mass is 10.0. The smallest absolute Gasteiger partial charge is 0.196 e. The highest BCUT2D eigenvalue weighted by Gasteiger charge is 2.17. The Morgan fingerprint density at radius 2 is 1.68 bits per heavy atom. The lowest BCUT2D eigenvalue weighted by Crippen LogP contribution is -2.06. The average molecular weight is 329 g/mol. The van der Waals surface area contributed by atoms with Gasteiger partial charge in [0.1, 0.15) is 17.5 Å². The fraction of sp³-hybridized carbons (Fsp3) is 0.0714.